The van der Waals surface area contributed by atoms with E-state index in [1.54, 1.807) is 0 Å². The topological polar surface area (TPSA) is 110 Å². The van der Waals surface area contributed by atoms with Gasteiger partial charge in [0.15, 0.2) is 0 Å². The van der Waals surface area contributed by atoms with Crippen LogP contribution in [0.5, 0.6) is 0 Å². The van der Waals surface area contributed by atoms with E-state index in [9.17, 15) is 22.6 Å². The molecule has 0 bridgehead atoms. The summed E-state index contributed by atoms with van der Waals surface area (Å²) >= 11 is 0. The first-order chi connectivity index (χ1) is 30.3. The molecule has 9 heteroatoms. The second-order valence-electron chi connectivity index (χ2n) is 17.8. The van der Waals surface area contributed by atoms with Gasteiger partial charge in [0.2, 0.25) is 0 Å². The van der Waals surface area contributed by atoms with Gasteiger partial charge in [-0.1, -0.05) is 224 Å². The van der Waals surface area contributed by atoms with Crippen molar-refractivity contribution in [2.24, 2.45) is 0 Å². The van der Waals surface area contributed by atoms with Crippen LogP contribution in [0.15, 0.2) is 47.4 Å². The molecule has 0 amide bonds. The van der Waals surface area contributed by atoms with Gasteiger partial charge in [0.1, 0.15) is 10.1 Å². The van der Waals surface area contributed by atoms with E-state index in [1.165, 1.54) is 205 Å². The molecule has 0 aromatic heterocycles. The van der Waals surface area contributed by atoms with Crippen molar-refractivity contribution in [3.05, 3.63) is 53.6 Å². The van der Waals surface area contributed by atoms with Gasteiger partial charge in [-0.05, 0) is 76.3 Å². The molecule has 0 aliphatic carbocycles. The van der Waals surface area contributed by atoms with Gasteiger partial charge in [-0.15, -0.1) is 0 Å². The van der Waals surface area contributed by atoms with Crippen LogP contribution in [0, 0.1) is 0 Å². The molecular weight excluding hydrogens is 816 g/mol. The number of unbranched alkanes of at least 4 members (excludes halogenated alkanes) is 34. The zero-order valence-electron chi connectivity index (χ0n) is 41.1. The molecule has 0 fully saturated rings. The summed E-state index contributed by atoms with van der Waals surface area (Å²) in [5.41, 5.74) is -0.770. The summed E-state index contributed by atoms with van der Waals surface area (Å²) in [5.74, 6) is -1.80. The van der Waals surface area contributed by atoms with Crippen LogP contribution in [0.1, 0.15) is 279 Å². The second kappa shape index (κ2) is 45.7. The van der Waals surface area contributed by atoms with Crippen LogP contribution in [-0.2, 0) is 19.6 Å². The normalized spacial score (nSPS) is 11.7. The van der Waals surface area contributed by atoms with Crippen molar-refractivity contribution in [2.75, 3.05) is 13.2 Å². The van der Waals surface area contributed by atoms with Crippen LogP contribution in [0.4, 0.5) is 0 Å². The first-order valence-electron chi connectivity index (χ1n) is 26.1. The summed E-state index contributed by atoms with van der Waals surface area (Å²) in [5, 5.41) is 0. The SMILES string of the molecule is CCCCCC/C=C/CCCCCCCCCCCCCCCOC(=O)c1cccc(S(=O)(=O)[O-])c1C(=O)OCCCCCCCCCCCCCCC/C=C/CCCCCC.[Na+]. The first kappa shape index (κ1) is 61.5. The largest absolute Gasteiger partial charge is 1.00 e. The molecule has 0 saturated heterocycles. The molecule has 1 rings (SSSR count). The number of esters is 2. The van der Waals surface area contributed by atoms with Crippen molar-refractivity contribution in [3.63, 3.8) is 0 Å². The second-order valence-corrected chi connectivity index (χ2v) is 19.2. The third-order valence-corrected chi connectivity index (χ3v) is 12.9. The van der Waals surface area contributed by atoms with Crippen molar-refractivity contribution >= 4 is 22.1 Å². The van der Waals surface area contributed by atoms with Gasteiger partial charge in [0.05, 0.1) is 29.2 Å². The Morgan fingerprint density at radius 3 is 1.05 bits per heavy atom. The Labute approximate surface area is 410 Å². The van der Waals surface area contributed by atoms with Gasteiger partial charge in [0.25, 0.3) is 0 Å². The minimum absolute atomic E-state index is 0. The van der Waals surface area contributed by atoms with E-state index in [0.717, 1.165) is 44.6 Å². The summed E-state index contributed by atoms with van der Waals surface area (Å²) < 4.78 is 47.0. The average Bonchev–Trinajstić information content (AvgIpc) is 3.26. The molecule has 0 unspecified atom stereocenters. The van der Waals surface area contributed by atoms with E-state index in [4.69, 9.17) is 9.47 Å². The Hall–Kier alpha value is -1.45. The molecule has 0 atom stereocenters. The van der Waals surface area contributed by atoms with Crippen molar-refractivity contribution < 1.29 is 61.6 Å². The van der Waals surface area contributed by atoms with Crippen LogP contribution in [-0.4, -0.2) is 38.1 Å². The Morgan fingerprint density at radius 2 is 0.730 bits per heavy atom. The van der Waals surface area contributed by atoms with Crippen molar-refractivity contribution in [2.45, 2.75) is 263 Å². The van der Waals surface area contributed by atoms with Crippen LogP contribution >= 0.6 is 0 Å². The van der Waals surface area contributed by atoms with Crippen molar-refractivity contribution in [1.82, 2.24) is 0 Å². The molecule has 0 radical (unpaired) electrons. The van der Waals surface area contributed by atoms with Crippen LogP contribution in [0.3, 0.4) is 0 Å². The molecular formula is C54H93NaO7S. The molecule has 0 saturated carbocycles. The fraction of sp³-hybridized carbons (Fsp3) is 0.778. The third kappa shape index (κ3) is 37.3. The van der Waals surface area contributed by atoms with E-state index in [1.807, 2.05) is 0 Å². The minimum Gasteiger partial charge on any atom is -0.744 e. The van der Waals surface area contributed by atoms with Gasteiger partial charge < -0.3 is 14.0 Å². The monoisotopic (exact) mass is 909 g/mol. The molecule has 0 aliphatic heterocycles. The Kier molecular flexibility index (Phi) is 44.6. The van der Waals surface area contributed by atoms with Gasteiger partial charge in [-0.3, -0.25) is 0 Å². The quantitative estimate of drug-likeness (QED) is 0.0211. The Bertz CT molecular complexity index is 1380. The summed E-state index contributed by atoms with van der Waals surface area (Å²) in [6, 6.07) is 3.65. The summed E-state index contributed by atoms with van der Waals surface area (Å²) in [7, 11) is -5.02. The zero-order chi connectivity index (χ0) is 45.0. The van der Waals surface area contributed by atoms with Gasteiger partial charge in [0, 0.05) is 0 Å². The number of carbonyl (C=O) groups is 2. The van der Waals surface area contributed by atoms with Gasteiger partial charge in [-0.25, -0.2) is 18.0 Å². The number of hydrogen-bond acceptors (Lipinski definition) is 7. The zero-order valence-corrected chi connectivity index (χ0v) is 43.9. The molecule has 0 aliphatic rings. The van der Waals surface area contributed by atoms with E-state index in [-0.39, 0.29) is 48.3 Å². The Morgan fingerprint density at radius 1 is 0.444 bits per heavy atom. The number of rotatable bonds is 45. The average molecular weight is 909 g/mol. The van der Waals surface area contributed by atoms with Crippen LogP contribution < -0.4 is 29.6 Å². The first-order valence-corrected chi connectivity index (χ1v) is 27.5. The summed E-state index contributed by atoms with van der Waals surface area (Å²) in [4.78, 5) is 25.3. The molecule has 358 valence electrons. The molecule has 0 heterocycles. The standard InChI is InChI=1S/C54H94O7S.Na/c1-3-5-7-9-11-13-15-17-19-21-23-25-27-29-31-33-35-37-39-41-43-48-60-53(55)50-46-45-47-51(62(57,58)59)52(50)54(56)61-49-44-42-40-38-36-34-32-30-28-26-24-22-20-18-16-14-12-10-8-6-4-2;/h13-16,45-47H,3-12,17-44,48-49H2,1-2H3,(H,57,58,59);/q;+1/p-1/b15-13+,16-14+;. The molecule has 0 N–H and O–H groups in total. The smallest absolute Gasteiger partial charge is 0.744 e. The maximum absolute atomic E-state index is 13.1. The number of carbonyl (C=O) groups excluding carboxylic acids is 2. The predicted molar refractivity (Wildman–Crippen MR) is 260 cm³/mol. The molecule has 1 aromatic carbocycles. The minimum atomic E-state index is -5.02. The predicted octanol–water partition coefficient (Wildman–Crippen LogP) is 13.9. The maximum atomic E-state index is 13.1. The number of hydrogen-bond donors (Lipinski definition) is 0. The van der Waals surface area contributed by atoms with Crippen molar-refractivity contribution in [3.8, 4) is 0 Å². The van der Waals surface area contributed by atoms with Crippen molar-refractivity contribution in [1.29, 1.82) is 0 Å². The molecule has 1 aromatic rings. The molecule has 7 nitrogen and oxygen atoms in total. The fourth-order valence-electron chi connectivity index (χ4n) is 8.07. The van der Waals surface area contributed by atoms with Gasteiger partial charge in [-0.2, -0.15) is 0 Å². The number of ether oxygens (including phenoxy) is 2. The van der Waals surface area contributed by atoms with Crippen LogP contribution in [0.25, 0.3) is 0 Å². The van der Waals surface area contributed by atoms with E-state index in [0.29, 0.717) is 12.8 Å². The number of allylic oxidation sites excluding steroid dienone is 4. The molecule has 0 spiro atoms. The third-order valence-electron chi connectivity index (χ3n) is 12.0. The Balaban J connectivity index is 0.0000384. The summed E-state index contributed by atoms with van der Waals surface area (Å²) in [6.07, 6.45) is 56.1. The van der Waals surface area contributed by atoms with E-state index >= 15 is 0 Å². The van der Waals surface area contributed by atoms with E-state index in [2.05, 4.69) is 38.2 Å². The van der Waals surface area contributed by atoms with Gasteiger partial charge >= 0.3 is 41.5 Å². The summed E-state index contributed by atoms with van der Waals surface area (Å²) in [6.45, 7) is 4.77. The fourth-order valence-corrected chi connectivity index (χ4v) is 8.76. The van der Waals surface area contributed by atoms with E-state index < -0.39 is 32.5 Å². The number of benzene rings is 1. The molecule has 63 heavy (non-hydrogen) atoms. The van der Waals surface area contributed by atoms with Crippen LogP contribution in [0.2, 0.25) is 0 Å². The maximum Gasteiger partial charge on any atom is 1.00 e.